The zero-order chi connectivity index (χ0) is 12.7. The normalized spacial score (nSPS) is 11.1. The Morgan fingerprint density at radius 2 is 2.06 bits per heavy atom. The second-order valence-electron chi connectivity index (χ2n) is 4.80. The number of benzene rings is 1. The van der Waals surface area contributed by atoms with Gasteiger partial charge in [0.1, 0.15) is 5.82 Å². The molecular weight excluding hydrogens is 237 g/mol. The smallest absolute Gasteiger partial charge is 0.141 e. The summed E-state index contributed by atoms with van der Waals surface area (Å²) in [5.74, 6) is 0.361. The summed E-state index contributed by atoms with van der Waals surface area (Å²) < 4.78 is 12.9. The van der Waals surface area contributed by atoms with Gasteiger partial charge < -0.3 is 5.32 Å². The maximum atomic E-state index is 12.9. The van der Waals surface area contributed by atoms with Crippen LogP contribution in [-0.4, -0.2) is 13.1 Å². The average molecular weight is 258 g/mol. The summed E-state index contributed by atoms with van der Waals surface area (Å²) in [6.07, 6.45) is 3.21. The van der Waals surface area contributed by atoms with Crippen LogP contribution in [0.5, 0.6) is 0 Å². The van der Waals surface area contributed by atoms with E-state index >= 15 is 0 Å². The van der Waals surface area contributed by atoms with Crippen molar-refractivity contribution in [2.45, 2.75) is 33.1 Å². The van der Waals surface area contributed by atoms with Crippen molar-refractivity contribution >= 4 is 11.6 Å². The van der Waals surface area contributed by atoms with Gasteiger partial charge in [0.15, 0.2) is 0 Å². The Hall–Kier alpha value is -0.600. The summed E-state index contributed by atoms with van der Waals surface area (Å²) in [6, 6.07) is 4.97. The third-order valence-corrected chi connectivity index (χ3v) is 2.90. The number of hydrogen-bond donors (Lipinski definition) is 1. The van der Waals surface area contributed by atoms with E-state index in [4.69, 9.17) is 11.6 Å². The van der Waals surface area contributed by atoms with Gasteiger partial charge in [0.05, 0.1) is 5.02 Å². The third kappa shape index (κ3) is 6.04. The maximum Gasteiger partial charge on any atom is 0.141 e. The van der Waals surface area contributed by atoms with E-state index in [1.54, 1.807) is 6.07 Å². The van der Waals surface area contributed by atoms with Crippen molar-refractivity contribution in [1.29, 1.82) is 0 Å². The van der Waals surface area contributed by atoms with Crippen molar-refractivity contribution in [3.63, 3.8) is 0 Å². The highest BCUT2D eigenvalue weighted by molar-refractivity contribution is 6.30. The molecule has 0 fully saturated rings. The second kappa shape index (κ2) is 7.67. The van der Waals surface area contributed by atoms with Crippen molar-refractivity contribution < 1.29 is 4.39 Å². The van der Waals surface area contributed by atoms with Crippen molar-refractivity contribution in [1.82, 2.24) is 5.32 Å². The van der Waals surface area contributed by atoms with Gasteiger partial charge in [-0.25, -0.2) is 4.39 Å². The van der Waals surface area contributed by atoms with Gasteiger partial charge in [-0.1, -0.05) is 31.5 Å². The first-order valence-electron chi connectivity index (χ1n) is 6.24. The number of nitrogens with one attached hydrogen (secondary N) is 1. The highest BCUT2D eigenvalue weighted by Gasteiger charge is 2.00. The first kappa shape index (κ1) is 14.5. The highest BCUT2D eigenvalue weighted by Crippen LogP contribution is 2.17. The molecular formula is C14H21ClFN. The summed E-state index contributed by atoms with van der Waals surface area (Å²) >= 11 is 5.72. The molecule has 0 atom stereocenters. The van der Waals surface area contributed by atoms with Crippen molar-refractivity contribution in [3.05, 3.63) is 34.6 Å². The molecule has 0 heterocycles. The standard InChI is InChI=1S/C14H21ClFN/c1-11(2)10-17-8-4-3-5-12-6-7-14(16)13(15)9-12/h6-7,9,11,17H,3-5,8,10H2,1-2H3. The molecule has 0 unspecified atom stereocenters. The monoisotopic (exact) mass is 257 g/mol. The fourth-order valence-corrected chi connectivity index (χ4v) is 1.87. The Labute approximate surface area is 108 Å². The fourth-order valence-electron chi connectivity index (χ4n) is 1.67. The van der Waals surface area contributed by atoms with Gasteiger partial charge in [-0.05, 0) is 56.0 Å². The fraction of sp³-hybridized carbons (Fsp3) is 0.571. The Bertz CT molecular complexity index is 339. The number of hydrogen-bond acceptors (Lipinski definition) is 1. The summed E-state index contributed by atoms with van der Waals surface area (Å²) in [7, 11) is 0. The lowest BCUT2D eigenvalue weighted by atomic mass is 10.1. The van der Waals surface area contributed by atoms with Crippen molar-refractivity contribution in [2.75, 3.05) is 13.1 Å². The predicted octanol–water partition coefficient (Wildman–Crippen LogP) is 4.05. The first-order valence-corrected chi connectivity index (χ1v) is 6.62. The molecule has 0 aliphatic rings. The predicted molar refractivity (Wildman–Crippen MR) is 72.1 cm³/mol. The van der Waals surface area contributed by atoms with E-state index in [0.29, 0.717) is 5.92 Å². The zero-order valence-corrected chi connectivity index (χ0v) is 11.4. The van der Waals surface area contributed by atoms with Crippen LogP contribution < -0.4 is 5.32 Å². The van der Waals surface area contributed by atoms with Crippen molar-refractivity contribution in [2.24, 2.45) is 5.92 Å². The second-order valence-corrected chi connectivity index (χ2v) is 5.21. The molecule has 0 saturated carbocycles. The molecule has 0 aromatic heterocycles. The molecule has 0 radical (unpaired) electrons. The van der Waals surface area contributed by atoms with E-state index in [-0.39, 0.29) is 10.8 Å². The van der Waals surface area contributed by atoms with Crippen LogP contribution in [0, 0.1) is 11.7 Å². The summed E-state index contributed by atoms with van der Waals surface area (Å²) in [6.45, 7) is 6.52. The number of rotatable bonds is 7. The summed E-state index contributed by atoms with van der Waals surface area (Å²) in [5.41, 5.74) is 1.11. The lowest BCUT2D eigenvalue weighted by molar-refractivity contribution is 0.535. The van der Waals surface area contributed by atoms with Crippen LogP contribution in [-0.2, 0) is 6.42 Å². The van der Waals surface area contributed by atoms with Crippen LogP contribution in [0.3, 0.4) is 0 Å². The van der Waals surface area contributed by atoms with E-state index in [0.717, 1.165) is 37.9 Å². The quantitative estimate of drug-likeness (QED) is 0.727. The molecule has 0 bridgehead atoms. The Kier molecular flexibility index (Phi) is 6.53. The van der Waals surface area contributed by atoms with Crippen LogP contribution in [0.1, 0.15) is 32.3 Å². The highest BCUT2D eigenvalue weighted by atomic mass is 35.5. The van der Waals surface area contributed by atoms with Crippen LogP contribution >= 0.6 is 11.6 Å². The molecule has 0 aliphatic heterocycles. The molecule has 17 heavy (non-hydrogen) atoms. The Morgan fingerprint density at radius 3 is 2.71 bits per heavy atom. The van der Waals surface area contributed by atoms with Crippen LogP contribution in [0.25, 0.3) is 0 Å². The molecule has 1 rings (SSSR count). The molecule has 1 aromatic rings. The van der Waals surface area contributed by atoms with E-state index < -0.39 is 0 Å². The number of aryl methyl sites for hydroxylation is 1. The minimum absolute atomic E-state index is 0.223. The van der Waals surface area contributed by atoms with Crippen LogP contribution in [0.4, 0.5) is 4.39 Å². The zero-order valence-electron chi connectivity index (χ0n) is 10.6. The molecule has 0 aliphatic carbocycles. The van der Waals surface area contributed by atoms with E-state index in [9.17, 15) is 4.39 Å². The third-order valence-electron chi connectivity index (χ3n) is 2.61. The SMILES string of the molecule is CC(C)CNCCCCc1ccc(F)c(Cl)c1. The van der Waals surface area contributed by atoms with Gasteiger partial charge in [-0.2, -0.15) is 0 Å². The minimum Gasteiger partial charge on any atom is -0.316 e. The maximum absolute atomic E-state index is 12.9. The topological polar surface area (TPSA) is 12.0 Å². The molecule has 0 spiro atoms. The molecule has 1 N–H and O–H groups in total. The van der Waals surface area contributed by atoms with Gasteiger partial charge in [-0.15, -0.1) is 0 Å². The lowest BCUT2D eigenvalue weighted by Gasteiger charge is -2.07. The molecule has 0 saturated heterocycles. The van der Waals surface area contributed by atoms with Crippen molar-refractivity contribution in [3.8, 4) is 0 Å². The number of halogens is 2. The number of unbranched alkanes of at least 4 members (excludes halogenated alkanes) is 1. The summed E-state index contributed by atoms with van der Waals surface area (Å²) in [5, 5.41) is 3.63. The van der Waals surface area contributed by atoms with Crippen LogP contribution in [0.15, 0.2) is 18.2 Å². The average Bonchev–Trinajstić information content (AvgIpc) is 2.27. The first-order chi connectivity index (χ1) is 8.09. The van der Waals surface area contributed by atoms with E-state index in [2.05, 4.69) is 19.2 Å². The molecule has 96 valence electrons. The molecule has 0 amide bonds. The van der Waals surface area contributed by atoms with Gasteiger partial charge >= 0.3 is 0 Å². The van der Waals surface area contributed by atoms with Crippen LogP contribution in [0.2, 0.25) is 5.02 Å². The largest absolute Gasteiger partial charge is 0.316 e. The van der Waals surface area contributed by atoms with Gasteiger partial charge in [-0.3, -0.25) is 0 Å². The Morgan fingerprint density at radius 1 is 1.29 bits per heavy atom. The molecule has 1 aromatic carbocycles. The lowest BCUT2D eigenvalue weighted by Crippen LogP contribution is -2.20. The molecule has 1 nitrogen and oxygen atoms in total. The van der Waals surface area contributed by atoms with E-state index in [1.807, 2.05) is 6.07 Å². The van der Waals surface area contributed by atoms with E-state index in [1.165, 1.54) is 6.07 Å². The molecule has 3 heteroatoms. The van der Waals surface area contributed by atoms with Gasteiger partial charge in [0, 0.05) is 0 Å². The minimum atomic E-state index is -0.339. The Balaban J connectivity index is 2.16. The van der Waals surface area contributed by atoms with Gasteiger partial charge in [0.2, 0.25) is 0 Å². The summed E-state index contributed by atoms with van der Waals surface area (Å²) in [4.78, 5) is 0. The van der Waals surface area contributed by atoms with Gasteiger partial charge in [0.25, 0.3) is 0 Å².